The van der Waals surface area contributed by atoms with Crippen molar-refractivity contribution in [2.75, 3.05) is 6.61 Å². The van der Waals surface area contributed by atoms with Crippen LogP contribution in [-0.2, 0) is 4.74 Å². The van der Waals surface area contributed by atoms with E-state index in [0.29, 0.717) is 22.0 Å². The summed E-state index contributed by atoms with van der Waals surface area (Å²) in [6.45, 7) is 0.792. The van der Waals surface area contributed by atoms with E-state index in [9.17, 15) is 5.11 Å². The first-order valence-electron chi connectivity index (χ1n) is 5.91. The minimum atomic E-state index is -0.607. The topological polar surface area (TPSA) is 29.5 Å². The number of hydrogen-bond donors (Lipinski definition) is 1. The van der Waals surface area contributed by atoms with Crippen LogP contribution < -0.4 is 0 Å². The molecule has 94 valence electrons. The Morgan fingerprint density at radius 2 is 2.18 bits per heavy atom. The predicted molar refractivity (Wildman–Crippen MR) is 69.6 cm³/mol. The summed E-state index contributed by atoms with van der Waals surface area (Å²) in [6.07, 6.45) is 3.40. The summed E-state index contributed by atoms with van der Waals surface area (Å²) < 4.78 is 5.60. The van der Waals surface area contributed by atoms with Gasteiger partial charge in [-0.15, -0.1) is 0 Å². The number of halogens is 2. The molecule has 17 heavy (non-hydrogen) atoms. The normalized spacial score (nSPS) is 22.4. The minimum Gasteiger partial charge on any atom is -0.388 e. The molecule has 4 heteroatoms. The van der Waals surface area contributed by atoms with Crippen molar-refractivity contribution in [1.82, 2.24) is 0 Å². The lowest BCUT2D eigenvalue weighted by molar-refractivity contribution is -0.0155. The minimum absolute atomic E-state index is 0.133. The van der Waals surface area contributed by atoms with Crippen molar-refractivity contribution in [3.8, 4) is 0 Å². The highest BCUT2D eigenvalue weighted by molar-refractivity contribution is 6.33. The Hall–Kier alpha value is -0.280. The van der Waals surface area contributed by atoms with Gasteiger partial charge in [0.15, 0.2) is 0 Å². The van der Waals surface area contributed by atoms with Gasteiger partial charge < -0.3 is 9.84 Å². The van der Waals surface area contributed by atoms with Gasteiger partial charge in [0.25, 0.3) is 0 Å². The third-order valence-corrected chi connectivity index (χ3v) is 3.66. The smallest absolute Gasteiger partial charge is 0.0829 e. The molecule has 2 rings (SSSR count). The van der Waals surface area contributed by atoms with Crippen molar-refractivity contribution in [3.63, 3.8) is 0 Å². The van der Waals surface area contributed by atoms with Gasteiger partial charge in [0.05, 0.1) is 12.2 Å². The van der Waals surface area contributed by atoms with E-state index in [1.54, 1.807) is 18.2 Å². The van der Waals surface area contributed by atoms with Gasteiger partial charge in [0.2, 0.25) is 0 Å². The van der Waals surface area contributed by atoms with Gasteiger partial charge in [-0.2, -0.15) is 0 Å². The van der Waals surface area contributed by atoms with Crippen molar-refractivity contribution in [2.24, 2.45) is 0 Å². The Morgan fingerprint density at radius 3 is 2.88 bits per heavy atom. The number of aliphatic hydroxyl groups excluding tert-OH is 1. The molecule has 0 spiro atoms. The second-order valence-electron chi connectivity index (χ2n) is 4.41. The number of ether oxygens (including phenoxy) is 1. The molecule has 1 heterocycles. The van der Waals surface area contributed by atoms with Crippen molar-refractivity contribution >= 4 is 23.2 Å². The summed E-state index contributed by atoms with van der Waals surface area (Å²) in [5.74, 6) is 0. The second-order valence-corrected chi connectivity index (χ2v) is 5.25. The molecule has 0 aromatic heterocycles. The van der Waals surface area contributed by atoms with Crippen LogP contribution in [0.25, 0.3) is 0 Å². The molecule has 1 aromatic rings. The molecule has 1 aliphatic rings. The Bertz CT molecular complexity index is 376. The molecular formula is C13H16Cl2O2. The first-order valence-corrected chi connectivity index (χ1v) is 6.67. The molecule has 2 unspecified atom stereocenters. The van der Waals surface area contributed by atoms with E-state index in [2.05, 4.69) is 0 Å². The first-order chi connectivity index (χ1) is 8.16. The van der Waals surface area contributed by atoms with E-state index in [0.717, 1.165) is 19.4 Å². The molecule has 0 radical (unpaired) electrons. The maximum absolute atomic E-state index is 10.2. The van der Waals surface area contributed by atoms with E-state index in [1.807, 2.05) is 0 Å². The zero-order chi connectivity index (χ0) is 12.3. The lowest BCUT2D eigenvalue weighted by atomic mass is 9.99. The third-order valence-electron chi connectivity index (χ3n) is 3.08. The largest absolute Gasteiger partial charge is 0.388 e. The van der Waals surface area contributed by atoms with Crippen molar-refractivity contribution in [1.29, 1.82) is 0 Å². The third kappa shape index (κ3) is 3.59. The van der Waals surface area contributed by atoms with Crippen LogP contribution in [0.15, 0.2) is 18.2 Å². The molecule has 2 atom stereocenters. The SMILES string of the molecule is OC(CC1CCCCO1)c1cc(Cl)ccc1Cl. The Kier molecular flexibility index (Phi) is 4.69. The van der Waals surface area contributed by atoms with E-state index in [4.69, 9.17) is 27.9 Å². The van der Waals surface area contributed by atoms with Crippen LogP contribution in [0, 0.1) is 0 Å². The first kappa shape index (κ1) is 13.2. The number of aliphatic hydroxyl groups is 1. The number of hydrogen-bond acceptors (Lipinski definition) is 2. The van der Waals surface area contributed by atoms with Gasteiger partial charge in [-0.3, -0.25) is 0 Å². The fraction of sp³-hybridized carbons (Fsp3) is 0.538. The van der Waals surface area contributed by atoms with E-state index in [1.165, 1.54) is 6.42 Å². The van der Waals surface area contributed by atoms with Crippen molar-refractivity contribution < 1.29 is 9.84 Å². The van der Waals surface area contributed by atoms with Gasteiger partial charge >= 0.3 is 0 Å². The average molecular weight is 275 g/mol. The monoisotopic (exact) mass is 274 g/mol. The van der Waals surface area contributed by atoms with Crippen molar-refractivity contribution in [2.45, 2.75) is 37.9 Å². The lowest BCUT2D eigenvalue weighted by Gasteiger charge is -2.25. The second kappa shape index (κ2) is 6.05. The summed E-state index contributed by atoms with van der Waals surface area (Å²) in [7, 11) is 0. The molecule has 0 amide bonds. The molecule has 0 bridgehead atoms. The predicted octanol–water partition coefficient (Wildman–Crippen LogP) is 3.99. The van der Waals surface area contributed by atoms with Crippen molar-refractivity contribution in [3.05, 3.63) is 33.8 Å². The van der Waals surface area contributed by atoms with Gasteiger partial charge in [-0.25, -0.2) is 0 Å². The van der Waals surface area contributed by atoms with Crippen LogP contribution in [0.4, 0.5) is 0 Å². The highest BCUT2D eigenvalue weighted by Crippen LogP contribution is 2.31. The van der Waals surface area contributed by atoms with Crippen LogP contribution in [0.2, 0.25) is 10.0 Å². The molecule has 2 nitrogen and oxygen atoms in total. The summed E-state index contributed by atoms with van der Waals surface area (Å²) in [6, 6.07) is 5.15. The molecule has 0 saturated carbocycles. The number of rotatable bonds is 3. The maximum Gasteiger partial charge on any atom is 0.0829 e. The Balaban J connectivity index is 2.02. The zero-order valence-corrected chi connectivity index (χ0v) is 11.0. The highest BCUT2D eigenvalue weighted by atomic mass is 35.5. The Morgan fingerprint density at radius 1 is 1.35 bits per heavy atom. The fourth-order valence-electron chi connectivity index (χ4n) is 2.14. The molecular weight excluding hydrogens is 259 g/mol. The van der Waals surface area contributed by atoms with Crippen LogP contribution in [0.3, 0.4) is 0 Å². The van der Waals surface area contributed by atoms with Crippen LogP contribution in [0.1, 0.15) is 37.4 Å². The van der Waals surface area contributed by atoms with E-state index < -0.39 is 6.10 Å². The van der Waals surface area contributed by atoms with Crippen LogP contribution >= 0.6 is 23.2 Å². The quantitative estimate of drug-likeness (QED) is 0.903. The lowest BCUT2D eigenvalue weighted by Crippen LogP contribution is -2.21. The molecule has 1 aromatic carbocycles. The highest BCUT2D eigenvalue weighted by Gasteiger charge is 2.20. The van der Waals surface area contributed by atoms with Crippen LogP contribution in [0.5, 0.6) is 0 Å². The average Bonchev–Trinajstić information content (AvgIpc) is 2.33. The molecule has 1 N–H and O–H groups in total. The van der Waals surface area contributed by atoms with Gasteiger partial charge in [0, 0.05) is 28.6 Å². The summed E-state index contributed by atoms with van der Waals surface area (Å²) >= 11 is 12.0. The summed E-state index contributed by atoms with van der Waals surface area (Å²) in [4.78, 5) is 0. The summed E-state index contributed by atoms with van der Waals surface area (Å²) in [5.41, 5.74) is 0.688. The van der Waals surface area contributed by atoms with Gasteiger partial charge in [0.1, 0.15) is 0 Å². The molecule has 1 saturated heterocycles. The zero-order valence-electron chi connectivity index (χ0n) is 9.53. The van der Waals surface area contributed by atoms with Crippen LogP contribution in [-0.4, -0.2) is 17.8 Å². The fourth-order valence-corrected chi connectivity index (χ4v) is 2.56. The van der Waals surface area contributed by atoms with Gasteiger partial charge in [-0.05, 0) is 37.5 Å². The van der Waals surface area contributed by atoms with Gasteiger partial charge in [-0.1, -0.05) is 23.2 Å². The summed E-state index contributed by atoms with van der Waals surface area (Å²) in [5, 5.41) is 11.3. The molecule has 1 fully saturated rings. The van der Waals surface area contributed by atoms with E-state index in [-0.39, 0.29) is 6.10 Å². The maximum atomic E-state index is 10.2. The Labute approximate surface area is 111 Å². The molecule has 1 aliphatic heterocycles. The standard InChI is InChI=1S/C13H16Cl2O2/c14-9-4-5-12(15)11(7-9)13(16)8-10-3-1-2-6-17-10/h4-5,7,10,13,16H,1-3,6,8H2. The number of benzene rings is 1. The van der Waals surface area contributed by atoms with E-state index >= 15 is 0 Å². The molecule has 0 aliphatic carbocycles.